The quantitative estimate of drug-likeness (QED) is 0.690. The molecule has 1 unspecified atom stereocenters. The number of carbonyl (C=O) groups excluding carboxylic acids is 1. The van der Waals surface area contributed by atoms with E-state index in [1.54, 1.807) is 12.1 Å². The highest BCUT2D eigenvalue weighted by atomic mass is 19.1. The van der Waals surface area contributed by atoms with E-state index in [0.717, 1.165) is 51.5 Å². The molecule has 1 saturated carbocycles. The third-order valence-corrected chi connectivity index (χ3v) is 7.59. The van der Waals surface area contributed by atoms with Crippen molar-refractivity contribution in [2.24, 2.45) is 11.3 Å². The second-order valence-corrected chi connectivity index (χ2v) is 10.4. The summed E-state index contributed by atoms with van der Waals surface area (Å²) in [4.78, 5) is 30.3. The molecule has 182 valence electrons. The third-order valence-electron chi connectivity index (χ3n) is 7.59. The average molecular weight is 462 g/mol. The van der Waals surface area contributed by atoms with Crippen LogP contribution in [0.4, 0.5) is 20.6 Å². The number of amides is 2. The van der Waals surface area contributed by atoms with E-state index < -0.39 is 17.3 Å². The van der Waals surface area contributed by atoms with Gasteiger partial charge >= 0.3 is 6.09 Å². The van der Waals surface area contributed by atoms with Gasteiger partial charge in [0, 0.05) is 32.2 Å². The van der Waals surface area contributed by atoms with Gasteiger partial charge in [-0.3, -0.25) is 9.69 Å². The molecule has 2 heterocycles. The minimum absolute atomic E-state index is 0.120. The molecule has 1 spiro atoms. The molecule has 33 heavy (non-hydrogen) atoms. The Balaban J connectivity index is 1.49. The predicted molar refractivity (Wildman–Crippen MR) is 125 cm³/mol. The summed E-state index contributed by atoms with van der Waals surface area (Å²) < 4.78 is 15.2. The lowest BCUT2D eigenvalue weighted by atomic mass is 9.78. The number of piperidine rings is 1. The van der Waals surface area contributed by atoms with Gasteiger partial charge in [-0.25, -0.2) is 9.18 Å². The van der Waals surface area contributed by atoms with Crippen LogP contribution in [0.15, 0.2) is 18.2 Å². The lowest BCUT2D eigenvalue weighted by molar-refractivity contribution is -0.139. The van der Waals surface area contributed by atoms with Crippen molar-refractivity contribution in [1.82, 2.24) is 4.90 Å². The highest BCUT2D eigenvalue weighted by molar-refractivity contribution is 5.87. The number of benzene rings is 1. The maximum Gasteiger partial charge on any atom is 0.411 e. The van der Waals surface area contributed by atoms with Crippen LogP contribution in [0.1, 0.15) is 58.8 Å². The van der Waals surface area contributed by atoms with Gasteiger partial charge in [0.2, 0.25) is 5.91 Å². The first-order valence-corrected chi connectivity index (χ1v) is 12.2. The zero-order valence-corrected chi connectivity index (χ0v) is 19.7. The number of nitrogens with zero attached hydrogens (tertiary/aromatic N) is 3. The normalized spacial score (nSPS) is 28.1. The number of aliphatic hydroxyl groups excluding tert-OH is 1. The SMILES string of the molecule is CC(C)CN(C(=O)O)c1ccc(N2CCCC3(CCN(C4CCC(O)CC4)C3=O)C2)c(F)c1. The summed E-state index contributed by atoms with van der Waals surface area (Å²) in [6.45, 7) is 6.04. The Bertz CT molecular complexity index is 886. The fourth-order valence-electron chi connectivity index (χ4n) is 5.86. The summed E-state index contributed by atoms with van der Waals surface area (Å²) in [6.07, 6.45) is 4.25. The van der Waals surface area contributed by atoms with E-state index in [1.165, 1.54) is 11.0 Å². The van der Waals surface area contributed by atoms with Gasteiger partial charge in [0.1, 0.15) is 5.82 Å². The van der Waals surface area contributed by atoms with Crippen LogP contribution in [0, 0.1) is 17.2 Å². The standard InChI is InChI=1S/C25H36FN3O4/c1-17(2)15-29(24(32)33)19-6-9-22(21(26)14-19)27-12-3-10-25(16-27)11-13-28(23(25)31)18-4-7-20(30)8-5-18/h6,9,14,17-18,20,30H,3-5,7-8,10-13,15-16H2,1-2H3,(H,32,33). The van der Waals surface area contributed by atoms with Crippen molar-refractivity contribution >= 4 is 23.4 Å². The lowest BCUT2D eigenvalue weighted by Crippen LogP contribution is -2.50. The van der Waals surface area contributed by atoms with Gasteiger partial charge in [0.05, 0.1) is 22.9 Å². The number of hydrogen-bond acceptors (Lipinski definition) is 4. The Morgan fingerprint density at radius 1 is 1.21 bits per heavy atom. The lowest BCUT2D eigenvalue weighted by Gasteiger charge is -2.41. The summed E-state index contributed by atoms with van der Waals surface area (Å²) in [5, 5.41) is 19.3. The molecule has 0 radical (unpaired) electrons. The van der Waals surface area contributed by atoms with Gasteiger partial charge in [0.15, 0.2) is 0 Å². The van der Waals surface area contributed by atoms with Gasteiger partial charge in [-0.2, -0.15) is 0 Å². The number of rotatable bonds is 5. The zero-order chi connectivity index (χ0) is 23.8. The molecule has 3 fully saturated rings. The van der Waals surface area contributed by atoms with Crippen LogP contribution in [-0.2, 0) is 4.79 Å². The van der Waals surface area contributed by atoms with Crippen LogP contribution in [0.3, 0.4) is 0 Å². The molecular weight excluding hydrogens is 425 g/mol. The van der Waals surface area contributed by atoms with Crippen molar-refractivity contribution in [3.8, 4) is 0 Å². The molecular formula is C25H36FN3O4. The first-order valence-electron chi connectivity index (χ1n) is 12.2. The summed E-state index contributed by atoms with van der Waals surface area (Å²) >= 11 is 0. The maximum atomic E-state index is 15.2. The first-order chi connectivity index (χ1) is 15.7. The highest BCUT2D eigenvalue weighted by Crippen LogP contribution is 2.44. The summed E-state index contributed by atoms with van der Waals surface area (Å²) in [5.41, 5.74) is 0.274. The van der Waals surface area contributed by atoms with Crippen molar-refractivity contribution in [1.29, 1.82) is 0 Å². The van der Waals surface area contributed by atoms with Crippen molar-refractivity contribution < 1.29 is 24.2 Å². The topological polar surface area (TPSA) is 84.3 Å². The van der Waals surface area contributed by atoms with E-state index in [-0.39, 0.29) is 24.0 Å². The van der Waals surface area contributed by atoms with Gasteiger partial charge < -0.3 is 20.0 Å². The monoisotopic (exact) mass is 461 g/mol. The highest BCUT2D eigenvalue weighted by Gasteiger charge is 2.50. The summed E-state index contributed by atoms with van der Waals surface area (Å²) in [6, 6.07) is 4.81. The van der Waals surface area contributed by atoms with Crippen molar-refractivity contribution in [2.75, 3.05) is 36.0 Å². The second kappa shape index (κ2) is 9.49. The molecule has 3 aliphatic rings. The first kappa shape index (κ1) is 23.8. The van der Waals surface area contributed by atoms with Crippen LogP contribution in [0.5, 0.6) is 0 Å². The van der Waals surface area contributed by atoms with E-state index >= 15 is 4.39 Å². The minimum Gasteiger partial charge on any atom is -0.465 e. The summed E-state index contributed by atoms with van der Waals surface area (Å²) in [5.74, 6) is -0.155. The fourth-order valence-corrected chi connectivity index (χ4v) is 5.86. The number of likely N-dealkylation sites (tertiary alicyclic amines) is 1. The molecule has 2 aliphatic heterocycles. The van der Waals surface area contributed by atoms with Crippen molar-refractivity contribution in [3.05, 3.63) is 24.0 Å². The second-order valence-electron chi connectivity index (χ2n) is 10.4. The molecule has 4 rings (SSSR count). The predicted octanol–water partition coefficient (Wildman–Crippen LogP) is 4.09. The molecule has 0 aromatic heterocycles. The molecule has 2 saturated heterocycles. The Kier molecular flexibility index (Phi) is 6.84. The van der Waals surface area contributed by atoms with Crippen LogP contribution in [0.2, 0.25) is 0 Å². The molecule has 1 atom stereocenters. The van der Waals surface area contributed by atoms with E-state index in [9.17, 15) is 19.8 Å². The Morgan fingerprint density at radius 3 is 2.58 bits per heavy atom. The number of carboxylic acid groups (broad SMARTS) is 1. The van der Waals surface area contributed by atoms with Crippen molar-refractivity contribution in [3.63, 3.8) is 0 Å². The number of halogens is 1. The minimum atomic E-state index is -1.10. The molecule has 1 aromatic rings. The number of hydrogen-bond donors (Lipinski definition) is 2. The van der Waals surface area contributed by atoms with Gasteiger partial charge in [-0.1, -0.05) is 13.8 Å². The Morgan fingerprint density at radius 2 is 1.94 bits per heavy atom. The number of anilines is 2. The number of aliphatic hydroxyl groups is 1. The average Bonchev–Trinajstić information content (AvgIpc) is 3.07. The smallest absolute Gasteiger partial charge is 0.411 e. The summed E-state index contributed by atoms with van der Waals surface area (Å²) in [7, 11) is 0. The van der Waals surface area contributed by atoms with Crippen LogP contribution in [-0.4, -0.2) is 65.4 Å². The van der Waals surface area contributed by atoms with Gasteiger partial charge in [0.25, 0.3) is 0 Å². The zero-order valence-electron chi connectivity index (χ0n) is 19.7. The van der Waals surface area contributed by atoms with E-state index in [4.69, 9.17) is 0 Å². The van der Waals surface area contributed by atoms with Gasteiger partial charge in [-0.15, -0.1) is 0 Å². The number of carbonyl (C=O) groups is 2. The third kappa shape index (κ3) is 4.81. The molecule has 7 nitrogen and oxygen atoms in total. The van der Waals surface area contributed by atoms with Crippen LogP contribution < -0.4 is 9.80 Å². The molecule has 1 aromatic carbocycles. The largest absolute Gasteiger partial charge is 0.465 e. The fraction of sp³-hybridized carbons (Fsp3) is 0.680. The molecule has 8 heteroatoms. The van der Waals surface area contributed by atoms with E-state index in [0.29, 0.717) is 31.0 Å². The van der Waals surface area contributed by atoms with Crippen molar-refractivity contribution in [2.45, 2.75) is 70.9 Å². The molecule has 1 aliphatic carbocycles. The molecule has 2 amide bonds. The van der Waals surface area contributed by atoms with Crippen LogP contribution in [0.25, 0.3) is 0 Å². The van der Waals surface area contributed by atoms with E-state index in [2.05, 4.69) is 0 Å². The maximum absolute atomic E-state index is 15.2. The van der Waals surface area contributed by atoms with E-state index in [1.807, 2.05) is 23.6 Å². The molecule has 0 bridgehead atoms. The molecule has 2 N–H and O–H groups in total. The Hall–Kier alpha value is -2.35. The Labute approximate surface area is 195 Å². The van der Waals surface area contributed by atoms with Crippen LogP contribution >= 0.6 is 0 Å². The van der Waals surface area contributed by atoms with Gasteiger partial charge in [-0.05, 0) is 69.1 Å².